The Morgan fingerprint density at radius 1 is 0.892 bits per heavy atom. The van der Waals surface area contributed by atoms with Crippen LogP contribution in [-0.4, -0.2) is 36.8 Å². The molecule has 3 aromatic carbocycles. The Morgan fingerprint density at radius 3 is 2.54 bits per heavy atom. The maximum atomic E-state index is 5.77. The predicted octanol–water partition coefficient (Wildman–Crippen LogP) is 6.84. The zero-order chi connectivity index (χ0) is 25.5. The SMILES string of the molecule is CCNCCOc1ccc(Nc2ncc(-c3csc4ccccc34)c(Nc3ccccc3OC)n2)cc1. The smallest absolute Gasteiger partial charge is 0.229 e. The molecule has 0 atom stereocenters. The number of fused-ring (bicyclic) bond motifs is 1. The quantitative estimate of drug-likeness (QED) is 0.168. The molecule has 3 N–H and O–H groups in total. The number of rotatable bonds is 11. The fraction of sp³-hybridized carbons (Fsp3) is 0.172. The summed E-state index contributed by atoms with van der Waals surface area (Å²) in [7, 11) is 1.66. The van der Waals surface area contributed by atoms with Gasteiger partial charge in [0.05, 0.1) is 12.8 Å². The van der Waals surface area contributed by atoms with E-state index >= 15 is 0 Å². The van der Waals surface area contributed by atoms with Crippen molar-refractivity contribution in [3.05, 3.63) is 84.4 Å². The summed E-state index contributed by atoms with van der Waals surface area (Å²) in [5.74, 6) is 2.74. The van der Waals surface area contributed by atoms with Gasteiger partial charge in [-0.3, -0.25) is 0 Å². The van der Waals surface area contributed by atoms with Crippen LogP contribution in [0.3, 0.4) is 0 Å². The van der Waals surface area contributed by atoms with Gasteiger partial charge in [0.15, 0.2) is 0 Å². The van der Waals surface area contributed by atoms with E-state index in [1.165, 1.54) is 10.1 Å². The molecule has 0 aliphatic heterocycles. The molecule has 0 saturated carbocycles. The first-order chi connectivity index (χ1) is 18.2. The number of hydrogen-bond donors (Lipinski definition) is 3. The summed E-state index contributed by atoms with van der Waals surface area (Å²) in [6, 6.07) is 24.0. The first kappa shape index (κ1) is 24.5. The number of benzene rings is 3. The minimum atomic E-state index is 0.487. The molecule has 0 bridgehead atoms. The molecule has 37 heavy (non-hydrogen) atoms. The van der Waals surface area contributed by atoms with Crippen molar-refractivity contribution < 1.29 is 9.47 Å². The van der Waals surface area contributed by atoms with Crippen LogP contribution >= 0.6 is 11.3 Å². The fourth-order valence-corrected chi connectivity index (χ4v) is 4.94. The van der Waals surface area contributed by atoms with Crippen LogP contribution in [0.5, 0.6) is 11.5 Å². The number of thiophene rings is 1. The predicted molar refractivity (Wildman–Crippen MR) is 153 cm³/mol. The van der Waals surface area contributed by atoms with Gasteiger partial charge in [0.2, 0.25) is 5.95 Å². The highest BCUT2D eigenvalue weighted by atomic mass is 32.1. The molecule has 0 aliphatic carbocycles. The number of para-hydroxylation sites is 2. The van der Waals surface area contributed by atoms with E-state index in [0.717, 1.165) is 47.1 Å². The number of ether oxygens (including phenoxy) is 2. The molecule has 0 saturated heterocycles. The molecule has 0 spiro atoms. The highest BCUT2D eigenvalue weighted by Gasteiger charge is 2.15. The first-order valence-electron chi connectivity index (χ1n) is 12.2. The number of methoxy groups -OCH3 is 1. The Kier molecular flexibility index (Phi) is 7.78. The molecular formula is C29H29N5O2S. The van der Waals surface area contributed by atoms with Gasteiger partial charge < -0.3 is 25.4 Å². The van der Waals surface area contributed by atoms with Crippen LogP contribution in [0.1, 0.15) is 6.92 Å². The summed E-state index contributed by atoms with van der Waals surface area (Å²) in [5, 5.41) is 13.4. The maximum absolute atomic E-state index is 5.77. The van der Waals surface area contributed by atoms with Gasteiger partial charge in [-0.2, -0.15) is 4.98 Å². The van der Waals surface area contributed by atoms with E-state index in [1.54, 1.807) is 18.4 Å². The van der Waals surface area contributed by atoms with E-state index in [9.17, 15) is 0 Å². The van der Waals surface area contributed by atoms with E-state index in [0.29, 0.717) is 18.4 Å². The highest BCUT2D eigenvalue weighted by molar-refractivity contribution is 7.17. The number of aromatic nitrogens is 2. The minimum absolute atomic E-state index is 0.487. The summed E-state index contributed by atoms with van der Waals surface area (Å²) in [4.78, 5) is 9.52. The maximum Gasteiger partial charge on any atom is 0.229 e. The third kappa shape index (κ3) is 5.82. The summed E-state index contributed by atoms with van der Waals surface area (Å²) < 4.78 is 12.6. The van der Waals surface area contributed by atoms with Gasteiger partial charge in [-0.25, -0.2) is 4.98 Å². The topological polar surface area (TPSA) is 80.3 Å². The Morgan fingerprint density at radius 2 is 1.70 bits per heavy atom. The molecule has 8 heteroatoms. The van der Waals surface area contributed by atoms with Crippen LogP contribution in [0.2, 0.25) is 0 Å². The number of nitrogens with one attached hydrogen (secondary N) is 3. The Bertz CT molecular complexity index is 1470. The van der Waals surface area contributed by atoms with Crippen LogP contribution in [0.4, 0.5) is 23.1 Å². The summed E-state index contributed by atoms with van der Waals surface area (Å²) >= 11 is 1.71. The van der Waals surface area contributed by atoms with Crippen LogP contribution < -0.4 is 25.4 Å². The average molecular weight is 512 g/mol. The van der Waals surface area contributed by atoms with Crippen molar-refractivity contribution in [2.75, 3.05) is 37.4 Å². The third-order valence-electron chi connectivity index (χ3n) is 5.83. The molecule has 0 unspecified atom stereocenters. The van der Waals surface area contributed by atoms with Gasteiger partial charge in [0.25, 0.3) is 0 Å². The number of hydrogen-bond acceptors (Lipinski definition) is 8. The number of anilines is 4. The van der Waals surface area contributed by atoms with Crippen molar-refractivity contribution in [1.82, 2.24) is 15.3 Å². The van der Waals surface area contributed by atoms with Crippen molar-refractivity contribution in [3.8, 4) is 22.6 Å². The average Bonchev–Trinajstić information content (AvgIpc) is 3.36. The second-order valence-corrected chi connectivity index (χ2v) is 9.19. The van der Waals surface area contributed by atoms with E-state index in [4.69, 9.17) is 14.5 Å². The van der Waals surface area contributed by atoms with Gasteiger partial charge in [-0.05, 0) is 54.4 Å². The number of likely N-dealkylation sites (N-methyl/N-ethyl adjacent to an activating group) is 1. The zero-order valence-electron chi connectivity index (χ0n) is 20.8. The molecule has 2 heterocycles. The molecule has 2 aromatic heterocycles. The standard InChI is InChI=1S/C29H29N5O2S/c1-3-30-16-17-36-21-14-12-20(13-15-21)32-29-31-18-23(24-19-37-27-11-7-4-8-22(24)27)28(34-29)33-25-9-5-6-10-26(25)35-2/h4-15,18-19,30H,3,16-17H2,1-2H3,(H2,31,32,33,34). The van der Waals surface area contributed by atoms with Gasteiger partial charge in [0, 0.05) is 39.6 Å². The molecule has 0 radical (unpaired) electrons. The lowest BCUT2D eigenvalue weighted by molar-refractivity contribution is 0.315. The van der Waals surface area contributed by atoms with Gasteiger partial charge in [-0.1, -0.05) is 37.3 Å². The van der Waals surface area contributed by atoms with Crippen molar-refractivity contribution in [2.45, 2.75) is 6.92 Å². The van der Waals surface area contributed by atoms with Crippen LogP contribution in [0, 0.1) is 0 Å². The van der Waals surface area contributed by atoms with Crippen molar-refractivity contribution in [3.63, 3.8) is 0 Å². The molecule has 0 aliphatic rings. The van der Waals surface area contributed by atoms with Gasteiger partial charge in [-0.15, -0.1) is 11.3 Å². The zero-order valence-corrected chi connectivity index (χ0v) is 21.6. The van der Waals surface area contributed by atoms with E-state index in [1.807, 2.05) is 54.7 Å². The molecule has 0 amide bonds. The van der Waals surface area contributed by atoms with Crippen molar-refractivity contribution in [1.29, 1.82) is 0 Å². The van der Waals surface area contributed by atoms with Crippen LogP contribution in [-0.2, 0) is 0 Å². The Balaban J connectivity index is 1.44. The lowest BCUT2D eigenvalue weighted by atomic mass is 10.1. The summed E-state index contributed by atoms with van der Waals surface area (Å²) in [6.07, 6.45) is 1.86. The van der Waals surface area contributed by atoms with Crippen molar-refractivity contribution in [2.24, 2.45) is 0 Å². The largest absolute Gasteiger partial charge is 0.495 e. The fourth-order valence-electron chi connectivity index (χ4n) is 3.98. The minimum Gasteiger partial charge on any atom is -0.495 e. The summed E-state index contributed by atoms with van der Waals surface area (Å²) in [6.45, 7) is 4.45. The van der Waals surface area contributed by atoms with Gasteiger partial charge >= 0.3 is 0 Å². The molecule has 188 valence electrons. The monoisotopic (exact) mass is 511 g/mol. The molecule has 7 nitrogen and oxygen atoms in total. The lowest BCUT2D eigenvalue weighted by Crippen LogP contribution is -2.20. The van der Waals surface area contributed by atoms with Crippen molar-refractivity contribution >= 4 is 44.6 Å². The Labute approximate surface area is 220 Å². The summed E-state index contributed by atoms with van der Waals surface area (Å²) in [5.41, 5.74) is 3.70. The molecule has 5 aromatic rings. The number of nitrogens with zero attached hydrogens (tertiary/aromatic N) is 2. The Hall–Kier alpha value is -4.14. The first-order valence-corrected chi connectivity index (χ1v) is 13.1. The third-order valence-corrected chi connectivity index (χ3v) is 6.79. The molecule has 5 rings (SSSR count). The van der Waals surface area contributed by atoms with E-state index < -0.39 is 0 Å². The van der Waals surface area contributed by atoms with E-state index in [2.05, 4.69) is 57.5 Å². The molecule has 0 fully saturated rings. The van der Waals surface area contributed by atoms with Crippen LogP contribution in [0.25, 0.3) is 21.2 Å². The highest BCUT2D eigenvalue weighted by Crippen LogP contribution is 2.39. The second-order valence-electron chi connectivity index (χ2n) is 8.28. The second kappa shape index (κ2) is 11.7. The molecular weight excluding hydrogens is 482 g/mol. The van der Waals surface area contributed by atoms with E-state index in [-0.39, 0.29) is 0 Å². The van der Waals surface area contributed by atoms with Crippen LogP contribution in [0.15, 0.2) is 84.4 Å². The normalized spacial score (nSPS) is 10.9. The lowest BCUT2D eigenvalue weighted by Gasteiger charge is -2.15. The van der Waals surface area contributed by atoms with Gasteiger partial charge in [0.1, 0.15) is 23.9 Å².